The summed E-state index contributed by atoms with van der Waals surface area (Å²) >= 11 is 0. The summed E-state index contributed by atoms with van der Waals surface area (Å²) in [6, 6.07) is 68.6. The monoisotopic (exact) mass is 664 g/mol. The summed E-state index contributed by atoms with van der Waals surface area (Å²) < 4.78 is 9.12. The third kappa shape index (κ3) is 5.02. The van der Waals surface area contributed by atoms with Gasteiger partial charge < -0.3 is 4.74 Å². The van der Waals surface area contributed by atoms with Crippen LogP contribution in [0.1, 0.15) is 0 Å². The number of imidazole rings is 1. The molecular weight excluding hydrogens is 633 g/mol. The van der Waals surface area contributed by atoms with Crippen molar-refractivity contribution in [3.8, 4) is 84.2 Å². The van der Waals surface area contributed by atoms with Crippen molar-refractivity contribution in [2.24, 2.45) is 0 Å². The quantitative estimate of drug-likeness (QED) is 0.188. The molecule has 0 amide bonds. The Morgan fingerprint density at radius 3 is 1.48 bits per heavy atom. The molecule has 3 heteroatoms. The van der Waals surface area contributed by atoms with Crippen LogP contribution in [0.2, 0.25) is 0 Å². The molecule has 3 nitrogen and oxygen atoms in total. The zero-order chi connectivity index (χ0) is 34.4. The Bertz CT molecular complexity index is 2760. The van der Waals surface area contributed by atoms with E-state index in [0.717, 1.165) is 78.6 Å². The maximum atomic E-state index is 6.86. The van der Waals surface area contributed by atoms with Crippen molar-refractivity contribution in [3.63, 3.8) is 0 Å². The van der Waals surface area contributed by atoms with Gasteiger partial charge in [0.05, 0.1) is 11.0 Å². The van der Waals surface area contributed by atoms with Gasteiger partial charge in [-0.3, -0.25) is 4.57 Å². The second-order valence-electron chi connectivity index (χ2n) is 13.1. The summed E-state index contributed by atoms with van der Waals surface area (Å²) in [4.78, 5) is 5.04. The fourth-order valence-corrected chi connectivity index (χ4v) is 7.63. The first kappa shape index (κ1) is 29.9. The molecule has 244 valence electrons. The first-order valence-electron chi connectivity index (χ1n) is 17.6. The molecule has 1 aliphatic heterocycles. The molecule has 2 heterocycles. The predicted octanol–water partition coefficient (Wildman–Crippen LogP) is 13.1. The standard InChI is InChI=1S/C49H32N2O/c1-2-14-34(15-3-1)49-50-45-22-10-11-23-46(45)51(49)36-29-26-33(27-30-36)35-28-31-41-39-18-5-4-16-37(39)38-17-6-7-19-40(38)42-20-8-12-24-47(42)52-48-25-13-9-21-43(48)44(41)32-35/h1-32H. The van der Waals surface area contributed by atoms with E-state index in [2.05, 4.69) is 180 Å². The smallest absolute Gasteiger partial charge is 0.145 e. The molecule has 0 unspecified atom stereocenters. The predicted molar refractivity (Wildman–Crippen MR) is 214 cm³/mol. The maximum Gasteiger partial charge on any atom is 0.145 e. The molecule has 0 saturated heterocycles. The Balaban J connectivity index is 1.15. The van der Waals surface area contributed by atoms with Gasteiger partial charge in [0.1, 0.15) is 17.3 Å². The highest BCUT2D eigenvalue weighted by molar-refractivity contribution is 5.99. The van der Waals surface area contributed by atoms with Crippen molar-refractivity contribution < 1.29 is 4.74 Å². The van der Waals surface area contributed by atoms with Gasteiger partial charge in [0.15, 0.2) is 0 Å². The SMILES string of the molecule is c1ccc(-c2nc3ccccc3n2-c2ccc(-c3ccc4c(c3)-c3ccccc3Oc3ccccc3-c3ccccc3-c3ccccc3-4)cc2)cc1. The number of hydrogen-bond donors (Lipinski definition) is 0. The highest BCUT2D eigenvalue weighted by Crippen LogP contribution is 2.48. The van der Waals surface area contributed by atoms with Crippen molar-refractivity contribution >= 4 is 11.0 Å². The second-order valence-corrected chi connectivity index (χ2v) is 13.1. The van der Waals surface area contributed by atoms with E-state index in [0.29, 0.717) is 0 Å². The summed E-state index contributed by atoms with van der Waals surface area (Å²) in [5.41, 5.74) is 15.5. The van der Waals surface area contributed by atoms with Gasteiger partial charge in [-0.05, 0) is 87.0 Å². The molecule has 0 aliphatic carbocycles. The van der Waals surface area contributed by atoms with E-state index in [1.165, 1.54) is 16.7 Å². The van der Waals surface area contributed by atoms with E-state index in [4.69, 9.17) is 9.72 Å². The molecule has 0 saturated carbocycles. The highest BCUT2D eigenvalue weighted by atomic mass is 16.5. The molecule has 8 aromatic carbocycles. The van der Waals surface area contributed by atoms with Crippen LogP contribution in [-0.4, -0.2) is 9.55 Å². The number of rotatable bonds is 3. The molecule has 52 heavy (non-hydrogen) atoms. The third-order valence-corrected chi connectivity index (χ3v) is 10.1. The fourth-order valence-electron chi connectivity index (χ4n) is 7.63. The fraction of sp³-hybridized carbons (Fsp3) is 0. The number of hydrogen-bond acceptors (Lipinski definition) is 2. The van der Waals surface area contributed by atoms with E-state index in [-0.39, 0.29) is 0 Å². The van der Waals surface area contributed by atoms with Crippen LogP contribution in [0.5, 0.6) is 11.5 Å². The summed E-state index contributed by atoms with van der Waals surface area (Å²) in [7, 11) is 0. The molecule has 0 radical (unpaired) electrons. The highest BCUT2D eigenvalue weighted by Gasteiger charge is 2.22. The number of fused-ring (bicyclic) bond motifs is 10. The average Bonchev–Trinajstić information content (AvgIpc) is 3.61. The molecule has 0 atom stereocenters. The van der Waals surface area contributed by atoms with Crippen molar-refractivity contribution in [3.05, 3.63) is 194 Å². The van der Waals surface area contributed by atoms with Gasteiger partial charge in [-0.2, -0.15) is 0 Å². The normalized spacial score (nSPS) is 11.6. The van der Waals surface area contributed by atoms with Gasteiger partial charge in [0.25, 0.3) is 0 Å². The van der Waals surface area contributed by atoms with Gasteiger partial charge >= 0.3 is 0 Å². The number of nitrogens with zero attached hydrogens (tertiary/aromatic N) is 2. The van der Waals surface area contributed by atoms with E-state index < -0.39 is 0 Å². The third-order valence-electron chi connectivity index (χ3n) is 10.1. The van der Waals surface area contributed by atoms with E-state index >= 15 is 0 Å². The van der Waals surface area contributed by atoms with Crippen LogP contribution in [0, 0.1) is 0 Å². The topological polar surface area (TPSA) is 27.1 Å². The minimum Gasteiger partial charge on any atom is -0.456 e. The number of aromatic nitrogens is 2. The lowest BCUT2D eigenvalue weighted by Gasteiger charge is -2.18. The van der Waals surface area contributed by atoms with Crippen LogP contribution in [0.3, 0.4) is 0 Å². The molecule has 0 N–H and O–H groups in total. The Labute approximate surface area is 302 Å². The number of benzene rings is 8. The molecule has 1 aromatic heterocycles. The van der Waals surface area contributed by atoms with Crippen LogP contribution in [0.25, 0.3) is 83.7 Å². The second kappa shape index (κ2) is 12.4. The van der Waals surface area contributed by atoms with Gasteiger partial charge in [-0.15, -0.1) is 0 Å². The largest absolute Gasteiger partial charge is 0.456 e. The van der Waals surface area contributed by atoms with Crippen molar-refractivity contribution in [2.75, 3.05) is 0 Å². The Hall–Kier alpha value is -6.97. The summed E-state index contributed by atoms with van der Waals surface area (Å²) in [6.45, 7) is 0. The lowest BCUT2D eigenvalue weighted by atomic mass is 9.85. The van der Waals surface area contributed by atoms with E-state index in [1.54, 1.807) is 0 Å². The Morgan fingerprint density at radius 2 is 0.827 bits per heavy atom. The van der Waals surface area contributed by atoms with Crippen LogP contribution in [0.4, 0.5) is 0 Å². The average molecular weight is 665 g/mol. The zero-order valence-corrected chi connectivity index (χ0v) is 28.3. The maximum absolute atomic E-state index is 6.86. The first-order chi connectivity index (χ1) is 25.8. The van der Waals surface area contributed by atoms with Crippen LogP contribution in [-0.2, 0) is 0 Å². The first-order valence-corrected chi connectivity index (χ1v) is 17.6. The van der Waals surface area contributed by atoms with Crippen LogP contribution < -0.4 is 4.74 Å². The molecular formula is C49H32N2O. The molecule has 9 aromatic rings. The lowest BCUT2D eigenvalue weighted by Crippen LogP contribution is -1.97. The summed E-state index contributed by atoms with van der Waals surface area (Å²) in [5.74, 6) is 2.58. The lowest BCUT2D eigenvalue weighted by molar-refractivity contribution is 0.486. The van der Waals surface area contributed by atoms with E-state index in [1.807, 2.05) is 18.2 Å². The molecule has 1 aliphatic rings. The zero-order valence-electron chi connectivity index (χ0n) is 28.3. The summed E-state index contributed by atoms with van der Waals surface area (Å²) in [5, 5.41) is 0. The molecule has 0 fully saturated rings. The van der Waals surface area contributed by atoms with Crippen molar-refractivity contribution in [2.45, 2.75) is 0 Å². The van der Waals surface area contributed by atoms with E-state index in [9.17, 15) is 0 Å². The minimum atomic E-state index is 0.820. The van der Waals surface area contributed by atoms with Gasteiger partial charge in [-0.25, -0.2) is 4.98 Å². The molecule has 10 rings (SSSR count). The Kier molecular flexibility index (Phi) is 7.14. The Morgan fingerprint density at radius 1 is 0.346 bits per heavy atom. The van der Waals surface area contributed by atoms with Crippen LogP contribution in [0.15, 0.2) is 194 Å². The minimum absolute atomic E-state index is 0.820. The van der Waals surface area contributed by atoms with Crippen molar-refractivity contribution in [1.29, 1.82) is 0 Å². The summed E-state index contributed by atoms with van der Waals surface area (Å²) in [6.07, 6.45) is 0. The van der Waals surface area contributed by atoms with Crippen molar-refractivity contribution in [1.82, 2.24) is 9.55 Å². The van der Waals surface area contributed by atoms with Gasteiger partial charge in [0, 0.05) is 22.4 Å². The van der Waals surface area contributed by atoms with Gasteiger partial charge in [-0.1, -0.05) is 152 Å². The molecule has 0 spiro atoms. The van der Waals surface area contributed by atoms with Gasteiger partial charge in [0.2, 0.25) is 0 Å². The number of ether oxygens (including phenoxy) is 1. The number of para-hydroxylation sites is 4. The van der Waals surface area contributed by atoms with Crippen LogP contribution >= 0.6 is 0 Å². The molecule has 0 bridgehead atoms.